The third-order valence-electron chi connectivity index (χ3n) is 3.63. The van der Waals surface area contributed by atoms with Gasteiger partial charge in [0.15, 0.2) is 4.32 Å². The molecule has 3 rings (SSSR count). The molecule has 1 aliphatic rings. The van der Waals surface area contributed by atoms with Crippen LogP contribution in [0.3, 0.4) is 0 Å². The molecule has 134 valence electrons. The second-order valence-corrected chi connectivity index (χ2v) is 7.80. The van der Waals surface area contributed by atoms with E-state index in [0.717, 1.165) is 5.56 Å². The number of hydrogen-bond acceptors (Lipinski definition) is 5. The summed E-state index contributed by atoms with van der Waals surface area (Å²) >= 11 is 18.7. The smallest absolute Gasteiger partial charge is 0.270 e. The lowest BCUT2D eigenvalue weighted by Crippen LogP contribution is -2.27. The molecule has 0 aliphatic carbocycles. The number of ether oxygens (including phenoxy) is 2. The maximum absolute atomic E-state index is 12.9. The number of halogens is 2. The van der Waals surface area contributed by atoms with Gasteiger partial charge in [0.05, 0.1) is 24.8 Å². The number of benzene rings is 2. The molecule has 1 saturated heterocycles. The van der Waals surface area contributed by atoms with Crippen molar-refractivity contribution in [2.24, 2.45) is 0 Å². The number of carbonyl (C=O) groups is 1. The van der Waals surface area contributed by atoms with Crippen LogP contribution in [0.2, 0.25) is 10.0 Å². The lowest BCUT2D eigenvalue weighted by molar-refractivity contribution is -0.113. The highest BCUT2D eigenvalue weighted by Crippen LogP contribution is 2.39. The van der Waals surface area contributed by atoms with Crippen molar-refractivity contribution in [3.63, 3.8) is 0 Å². The third-order valence-corrected chi connectivity index (χ3v) is 5.37. The first-order valence-corrected chi connectivity index (χ1v) is 9.37. The lowest BCUT2D eigenvalue weighted by Gasteiger charge is -2.15. The van der Waals surface area contributed by atoms with Gasteiger partial charge in [-0.3, -0.25) is 9.69 Å². The molecule has 4 nitrogen and oxygen atoms in total. The molecule has 2 aromatic rings. The summed E-state index contributed by atoms with van der Waals surface area (Å²) in [7, 11) is 3.14. The number of methoxy groups -OCH3 is 2. The molecule has 0 aromatic heterocycles. The average Bonchev–Trinajstić information content (AvgIpc) is 2.88. The summed E-state index contributed by atoms with van der Waals surface area (Å²) in [6, 6.07) is 10.3. The number of thiocarbonyl (C=S) groups is 1. The lowest BCUT2D eigenvalue weighted by atomic mass is 10.1. The van der Waals surface area contributed by atoms with Crippen molar-refractivity contribution in [3.05, 3.63) is 56.9 Å². The molecule has 0 atom stereocenters. The van der Waals surface area contributed by atoms with E-state index in [1.807, 2.05) is 6.07 Å². The predicted octanol–water partition coefficient (Wildman–Crippen LogP) is 5.42. The van der Waals surface area contributed by atoms with Crippen LogP contribution in [0.5, 0.6) is 11.5 Å². The molecule has 1 aliphatic heterocycles. The first-order valence-electron chi connectivity index (χ1n) is 7.39. The van der Waals surface area contributed by atoms with Gasteiger partial charge in [-0.2, -0.15) is 0 Å². The Morgan fingerprint density at radius 3 is 2.38 bits per heavy atom. The van der Waals surface area contributed by atoms with Crippen molar-refractivity contribution < 1.29 is 14.3 Å². The maximum Gasteiger partial charge on any atom is 0.270 e. The average molecular weight is 426 g/mol. The number of nitrogens with zero attached hydrogens (tertiary/aromatic N) is 1. The number of amides is 1. The first kappa shape index (κ1) is 19.0. The Morgan fingerprint density at radius 1 is 1.08 bits per heavy atom. The predicted molar refractivity (Wildman–Crippen MR) is 112 cm³/mol. The minimum atomic E-state index is -0.240. The van der Waals surface area contributed by atoms with Crippen molar-refractivity contribution >= 4 is 69.2 Å². The third kappa shape index (κ3) is 3.83. The van der Waals surface area contributed by atoms with E-state index in [-0.39, 0.29) is 5.91 Å². The molecule has 1 fully saturated rings. The van der Waals surface area contributed by atoms with Gasteiger partial charge in [0, 0.05) is 21.7 Å². The Labute approximate surface area is 170 Å². The van der Waals surface area contributed by atoms with Crippen LogP contribution in [0.1, 0.15) is 5.56 Å². The molecule has 26 heavy (non-hydrogen) atoms. The van der Waals surface area contributed by atoms with E-state index in [1.54, 1.807) is 50.6 Å². The maximum atomic E-state index is 12.9. The number of anilines is 1. The number of thioether (sulfide) groups is 1. The van der Waals surface area contributed by atoms with E-state index in [2.05, 4.69) is 0 Å². The zero-order valence-corrected chi connectivity index (χ0v) is 16.9. The summed E-state index contributed by atoms with van der Waals surface area (Å²) < 4.78 is 11.0. The molecule has 8 heteroatoms. The quantitative estimate of drug-likeness (QED) is 0.483. The van der Waals surface area contributed by atoms with Gasteiger partial charge in [0.1, 0.15) is 11.5 Å². The summed E-state index contributed by atoms with van der Waals surface area (Å²) in [5.41, 5.74) is 1.29. The second-order valence-electron chi connectivity index (χ2n) is 5.25. The van der Waals surface area contributed by atoms with Gasteiger partial charge in [-0.05, 0) is 36.4 Å². The van der Waals surface area contributed by atoms with Crippen molar-refractivity contribution in [1.29, 1.82) is 0 Å². The van der Waals surface area contributed by atoms with Crippen LogP contribution in [0.25, 0.3) is 6.08 Å². The Morgan fingerprint density at radius 2 is 1.77 bits per heavy atom. The van der Waals surface area contributed by atoms with E-state index in [0.29, 0.717) is 36.5 Å². The zero-order chi connectivity index (χ0) is 18.8. The SMILES string of the molecule is COc1ccc(/C=C2\SC(=S)N(c3cc(Cl)cc(Cl)c3)C2=O)c(OC)c1. The summed E-state index contributed by atoms with van der Waals surface area (Å²) in [4.78, 5) is 14.8. The molecular weight excluding hydrogens is 413 g/mol. The largest absolute Gasteiger partial charge is 0.497 e. The van der Waals surface area contributed by atoms with Crippen LogP contribution in [0.15, 0.2) is 41.3 Å². The van der Waals surface area contributed by atoms with Gasteiger partial charge in [-0.25, -0.2) is 0 Å². The highest BCUT2D eigenvalue weighted by Gasteiger charge is 2.33. The monoisotopic (exact) mass is 425 g/mol. The summed E-state index contributed by atoms with van der Waals surface area (Å²) in [6.07, 6.45) is 1.74. The topological polar surface area (TPSA) is 38.8 Å². The molecule has 0 unspecified atom stereocenters. The molecule has 0 bridgehead atoms. The molecule has 0 spiro atoms. The van der Waals surface area contributed by atoms with Gasteiger partial charge in [-0.1, -0.05) is 47.2 Å². The molecule has 1 amide bonds. The van der Waals surface area contributed by atoms with E-state index < -0.39 is 0 Å². The minimum Gasteiger partial charge on any atom is -0.497 e. The number of hydrogen-bond donors (Lipinski definition) is 0. The van der Waals surface area contributed by atoms with Crippen LogP contribution < -0.4 is 14.4 Å². The van der Waals surface area contributed by atoms with Crippen molar-refractivity contribution in [1.82, 2.24) is 0 Å². The van der Waals surface area contributed by atoms with Crippen molar-refractivity contribution in [2.45, 2.75) is 0 Å². The van der Waals surface area contributed by atoms with Crippen LogP contribution in [-0.2, 0) is 4.79 Å². The van der Waals surface area contributed by atoms with Gasteiger partial charge in [0.2, 0.25) is 0 Å². The Bertz CT molecular complexity index is 910. The number of carbonyl (C=O) groups excluding carboxylic acids is 1. The Kier molecular flexibility index (Phi) is 5.77. The van der Waals surface area contributed by atoms with Crippen LogP contribution in [0, 0.1) is 0 Å². The Hall–Kier alpha value is -1.73. The van der Waals surface area contributed by atoms with Crippen LogP contribution in [0.4, 0.5) is 5.69 Å². The van der Waals surface area contributed by atoms with Gasteiger partial charge in [0.25, 0.3) is 5.91 Å². The second kappa shape index (κ2) is 7.88. The van der Waals surface area contributed by atoms with Gasteiger partial charge >= 0.3 is 0 Å². The van der Waals surface area contributed by atoms with Gasteiger partial charge in [-0.15, -0.1) is 0 Å². The minimum absolute atomic E-state index is 0.240. The van der Waals surface area contributed by atoms with E-state index in [4.69, 9.17) is 44.9 Å². The van der Waals surface area contributed by atoms with E-state index in [9.17, 15) is 4.79 Å². The normalized spacial score (nSPS) is 15.7. The molecular formula is C18H13Cl2NO3S2. The molecule has 1 heterocycles. The zero-order valence-electron chi connectivity index (χ0n) is 13.8. The van der Waals surface area contributed by atoms with Crippen molar-refractivity contribution in [2.75, 3.05) is 19.1 Å². The molecule has 0 radical (unpaired) electrons. The van der Waals surface area contributed by atoms with Crippen molar-refractivity contribution in [3.8, 4) is 11.5 Å². The fourth-order valence-corrected chi connectivity index (χ4v) is 4.24. The first-order chi connectivity index (χ1) is 12.4. The number of rotatable bonds is 4. The van der Waals surface area contributed by atoms with Crippen LogP contribution in [-0.4, -0.2) is 24.4 Å². The highest BCUT2D eigenvalue weighted by atomic mass is 35.5. The summed E-state index contributed by atoms with van der Waals surface area (Å²) in [5.74, 6) is 1.02. The van der Waals surface area contributed by atoms with Crippen LogP contribution >= 0.6 is 47.2 Å². The standard InChI is InChI=1S/C18H13Cl2NO3S2/c1-23-14-4-3-10(15(9-14)24-2)5-16-17(22)21(18(25)26-16)13-7-11(19)6-12(20)8-13/h3-9H,1-2H3/b16-5-. The Balaban J connectivity index is 1.97. The van der Waals surface area contributed by atoms with Gasteiger partial charge < -0.3 is 9.47 Å². The van der Waals surface area contributed by atoms with E-state index in [1.165, 1.54) is 16.7 Å². The molecule has 2 aromatic carbocycles. The fourth-order valence-electron chi connectivity index (χ4n) is 2.44. The molecule has 0 saturated carbocycles. The summed E-state index contributed by atoms with van der Waals surface area (Å²) in [6.45, 7) is 0. The molecule has 0 N–H and O–H groups in total. The summed E-state index contributed by atoms with van der Waals surface area (Å²) in [5, 5.41) is 0.865. The fraction of sp³-hybridized carbons (Fsp3) is 0.111. The van der Waals surface area contributed by atoms with E-state index >= 15 is 0 Å². The highest BCUT2D eigenvalue weighted by molar-refractivity contribution is 8.27.